The van der Waals surface area contributed by atoms with Gasteiger partial charge in [0.2, 0.25) is 6.10 Å². The third-order valence-corrected chi connectivity index (χ3v) is 2.74. The van der Waals surface area contributed by atoms with Crippen LogP contribution in [-0.2, 0) is 4.79 Å². The number of carboxylic acids is 1. The summed E-state index contributed by atoms with van der Waals surface area (Å²) in [7, 11) is 0. The van der Waals surface area contributed by atoms with E-state index < -0.39 is 24.7 Å². The van der Waals surface area contributed by atoms with Crippen LogP contribution in [0.5, 0.6) is 5.75 Å². The van der Waals surface area contributed by atoms with Crippen molar-refractivity contribution in [3.8, 4) is 5.75 Å². The normalized spacial score (nSPS) is 13.2. The van der Waals surface area contributed by atoms with Crippen LogP contribution in [0.2, 0.25) is 0 Å². The van der Waals surface area contributed by atoms with Crippen molar-refractivity contribution < 1.29 is 27.8 Å². The number of hydrogen-bond acceptors (Lipinski definition) is 2. The van der Waals surface area contributed by atoms with Crippen LogP contribution in [0.4, 0.5) is 13.2 Å². The number of hydrogen-bond donors (Lipinski definition) is 1. The van der Waals surface area contributed by atoms with Crippen LogP contribution in [0, 0.1) is 0 Å². The molecule has 1 N–H and O–H groups in total. The maximum atomic E-state index is 12.8. The first-order valence-corrected chi connectivity index (χ1v) is 5.81. The molecule has 2 aromatic rings. The molecule has 0 radical (unpaired) electrons. The first-order valence-electron chi connectivity index (χ1n) is 5.81. The molecule has 20 heavy (non-hydrogen) atoms. The van der Waals surface area contributed by atoms with Gasteiger partial charge in [0.25, 0.3) is 0 Å². The minimum Gasteiger partial charge on any atom is -0.481 e. The first kappa shape index (κ1) is 14.2. The Morgan fingerprint density at radius 3 is 2.45 bits per heavy atom. The van der Waals surface area contributed by atoms with Crippen molar-refractivity contribution >= 4 is 16.7 Å². The van der Waals surface area contributed by atoms with Crippen molar-refractivity contribution in [3.63, 3.8) is 0 Å². The molecule has 2 rings (SSSR count). The van der Waals surface area contributed by atoms with Crippen molar-refractivity contribution in [2.24, 2.45) is 0 Å². The third-order valence-electron chi connectivity index (χ3n) is 2.74. The Kier molecular flexibility index (Phi) is 3.83. The zero-order valence-electron chi connectivity index (χ0n) is 10.2. The Bertz CT molecular complexity index is 617. The fourth-order valence-corrected chi connectivity index (χ4v) is 1.83. The highest BCUT2D eigenvalue weighted by Crippen LogP contribution is 2.31. The third kappa shape index (κ3) is 3.20. The van der Waals surface area contributed by atoms with Gasteiger partial charge in [-0.05, 0) is 11.5 Å². The van der Waals surface area contributed by atoms with Gasteiger partial charge >= 0.3 is 12.1 Å². The minimum absolute atomic E-state index is 0.0201. The molecule has 0 saturated heterocycles. The predicted octanol–water partition coefficient (Wildman–Crippen LogP) is 3.62. The van der Waals surface area contributed by atoms with Crippen LogP contribution in [0.15, 0.2) is 42.5 Å². The average Bonchev–Trinajstić information content (AvgIpc) is 2.37. The fraction of sp³-hybridized carbons (Fsp3) is 0.214. The Morgan fingerprint density at radius 2 is 1.80 bits per heavy atom. The summed E-state index contributed by atoms with van der Waals surface area (Å²) in [6.45, 7) is 0. The van der Waals surface area contributed by atoms with Crippen molar-refractivity contribution in [3.05, 3.63) is 42.5 Å². The number of ether oxygens (including phenoxy) is 1. The van der Waals surface area contributed by atoms with E-state index in [9.17, 15) is 18.0 Å². The summed E-state index contributed by atoms with van der Waals surface area (Å²) in [5.41, 5.74) is 0. The molecule has 0 fully saturated rings. The molecule has 6 heteroatoms. The Hall–Kier alpha value is -2.24. The molecule has 0 saturated carbocycles. The van der Waals surface area contributed by atoms with Crippen LogP contribution >= 0.6 is 0 Å². The van der Waals surface area contributed by atoms with Gasteiger partial charge in [0.1, 0.15) is 5.75 Å². The van der Waals surface area contributed by atoms with Gasteiger partial charge in [-0.15, -0.1) is 0 Å². The number of rotatable bonds is 4. The molecule has 1 unspecified atom stereocenters. The van der Waals surface area contributed by atoms with Crippen molar-refractivity contribution in [1.29, 1.82) is 0 Å². The topological polar surface area (TPSA) is 46.5 Å². The van der Waals surface area contributed by atoms with Gasteiger partial charge in [-0.2, -0.15) is 13.2 Å². The molecule has 106 valence electrons. The van der Waals surface area contributed by atoms with Gasteiger partial charge in [-0.25, -0.2) is 0 Å². The predicted molar refractivity (Wildman–Crippen MR) is 66.7 cm³/mol. The van der Waals surface area contributed by atoms with E-state index in [4.69, 9.17) is 9.84 Å². The summed E-state index contributed by atoms with van der Waals surface area (Å²) in [4.78, 5) is 10.5. The molecule has 2 aromatic carbocycles. The molecule has 0 aromatic heterocycles. The lowest BCUT2D eigenvalue weighted by atomic mass is 10.1. The summed E-state index contributed by atoms with van der Waals surface area (Å²) < 4.78 is 43.2. The van der Waals surface area contributed by atoms with Crippen LogP contribution in [0.1, 0.15) is 6.42 Å². The van der Waals surface area contributed by atoms with Crippen LogP contribution in [-0.4, -0.2) is 23.4 Å². The van der Waals surface area contributed by atoms with E-state index >= 15 is 0 Å². The molecule has 0 heterocycles. The number of carboxylic acid groups (broad SMARTS) is 1. The number of fused-ring (bicyclic) bond motifs is 1. The number of aliphatic carboxylic acids is 1. The lowest BCUT2D eigenvalue weighted by molar-refractivity contribution is -0.200. The van der Waals surface area contributed by atoms with Crippen LogP contribution < -0.4 is 4.74 Å². The summed E-state index contributed by atoms with van der Waals surface area (Å²) in [5, 5.41) is 9.79. The maximum Gasteiger partial charge on any atom is 0.426 e. The molecule has 0 amide bonds. The van der Waals surface area contributed by atoms with E-state index in [1.807, 2.05) is 0 Å². The van der Waals surface area contributed by atoms with Crippen molar-refractivity contribution in [1.82, 2.24) is 0 Å². The molecule has 0 aliphatic heterocycles. The number of halogens is 3. The smallest absolute Gasteiger partial charge is 0.426 e. The number of benzene rings is 2. The summed E-state index contributed by atoms with van der Waals surface area (Å²) in [6.07, 6.45) is -8.24. The van der Waals surface area contributed by atoms with Gasteiger partial charge in [-0.3, -0.25) is 4.79 Å². The van der Waals surface area contributed by atoms with E-state index in [-0.39, 0.29) is 5.75 Å². The molecule has 0 aliphatic carbocycles. The van der Waals surface area contributed by atoms with E-state index in [0.717, 1.165) is 5.39 Å². The average molecular weight is 284 g/mol. The van der Waals surface area contributed by atoms with E-state index in [2.05, 4.69) is 0 Å². The Morgan fingerprint density at radius 1 is 1.15 bits per heavy atom. The molecule has 3 nitrogen and oxygen atoms in total. The summed E-state index contributed by atoms with van der Waals surface area (Å²) in [6, 6.07) is 11.5. The highest BCUT2D eigenvalue weighted by Gasteiger charge is 2.43. The van der Waals surface area contributed by atoms with Gasteiger partial charge in [0.15, 0.2) is 0 Å². The molecular formula is C14H11F3O3. The van der Waals surface area contributed by atoms with Gasteiger partial charge in [-0.1, -0.05) is 36.4 Å². The highest BCUT2D eigenvalue weighted by molar-refractivity contribution is 5.88. The minimum atomic E-state index is -4.74. The van der Waals surface area contributed by atoms with E-state index in [1.54, 1.807) is 36.4 Å². The summed E-state index contributed by atoms with van der Waals surface area (Å²) >= 11 is 0. The SMILES string of the molecule is O=C(O)CC(Oc1cccc2ccccc12)C(F)(F)F. The van der Waals surface area contributed by atoms with Gasteiger partial charge in [0.05, 0.1) is 6.42 Å². The zero-order valence-corrected chi connectivity index (χ0v) is 10.2. The van der Waals surface area contributed by atoms with Crippen molar-refractivity contribution in [2.45, 2.75) is 18.7 Å². The molecule has 0 bridgehead atoms. The fourth-order valence-electron chi connectivity index (χ4n) is 1.83. The largest absolute Gasteiger partial charge is 0.481 e. The molecule has 0 aliphatic rings. The Balaban J connectivity index is 2.36. The van der Waals surface area contributed by atoms with Gasteiger partial charge < -0.3 is 9.84 Å². The van der Waals surface area contributed by atoms with E-state index in [1.165, 1.54) is 6.07 Å². The zero-order chi connectivity index (χ0) is 14.8. The van der Waals surface area contributed by atoms with Crippen molar-refractivity contribution in [2.75, 3.05) is 0 Å². The lowest BCUT2D eigenvalue weighted by Crippen LogP contribution is -2.36. The lowest BCUT2D eigenvalue weighted by Gasteiger charge is -2.21. The van der Waals surface area contributed by atoms with E-state index in [0.29, 0.717) is 5.39 Å². The molecule has 0 spiro atoms. The number of alkyl halides is 3. The number of carbonyl (C=O) groups is 1. The highest BCUT2D eigenvalue weighted by atomic mass is 19.4. The first-order chi connectivity index (χ1) is 9.38. The monoisotopic (exact) mass is 284 g/mol. The standard InChI is InChI=1S/C14H11F3O3/c15-14(16,17)12(8-13(18)19)20-11-7-3-5-9-4-1-2-6-10(9)11/h1-7,12H,8H2,(H,18,19). The summed E-state index contributed by atoms with van der Waals surface area (Å²) in [5.74, 6) is -1.54. The molecular weight excluding hydrogens is 273 g/mol. The second-order valence-electron chi connectivity index (χ2n) is 4.22. The molecule has 1 atom stereocenters. The van der Waals surface area contributed by atoms with Gasteiger partial charge in [0, 0.05) is 5.39 Å². The van der Waals surface area contributed by atoms with Crippen LogP contribution in [0.25, 0.3) is 10.8 Å². The second-order valence-corrected chi connectivity index (χ2v) is 4.22. The van der Waals surface area contributed by atoms with Crippen LogP contribution in [0.3, 0.4) is 0 Å². The second kappa shape index (κ2) is 5.40. The maximum absolute atomic E-state index is 12.8. The quantitative estimate of drug-likeness (QED) is 0.932. The Labute approximate surface area is 112 Å².